The van der Waals surface area contributed by atoms with Gasteiger partial charge >= 0.3 is 5.97 Å². The van der Waals surface area contributed by atoms with Crippen molar-refractivity contribution in [1.29, 1.82) is 0 Å². The van der Waals surface area contributed by atoms with Gasteiger partial charge in [0.2, 0.25) is 0 Å². The molecule has 7 nitrogen and oxygen atoms in total. The summed E-state index contributed by atoms with van der Waals surface area (Å²) in [4.78, 5) is 25.8. The van der Waals surface area contributed by atoms with Gasteiger partial charge in [0.05, 0.1) is 22.8 Å². The summed E-state index contributed by atoms with van der Waals surface area (Å²) in [5.41, 5.74) is 0.442. The summed E-state index contributed by atoms with van der Waals surface area (Å²) in [6, 6.07) is 8.86. The number of aliphatic imine (C=N–C) groups is 1. The second-order valence-electron chi connectivity index (χ2n) is 4.63. The Kier molecular flexibility index (Phi) is 5.64. The van der Waals surface area contributed by atoms with Gasteiger partial charge in [-0.05, 0) is 48.6 Å². The van der Waals surface area contributed by atoms with Gasteiger partial charge in [0, 0.05) is 16.8 Å². The van der Waals surface area contributed by atoms with Crippen molar-refractivity contribution in [3.63, 3.8) is 0 Å². The molecule has 0 spiro atoms. The molecule has 0 saturated heterocycles. The number of hydrogen-bond donors (Lipinski definition) is 0. The molecule has 0 aliphatic rings. The highest BCUT2D eigenvalue weighted by molar-refractivity contribution is 9.10. The van der Waals surface area contributed by atoms with E-state index in [1.54, 1.807) is 31.2 Å². The lowest BCUT2D eigenvalue weighted by atomic mass is 10.2. The van der Waals surface area contributed by atoms with E-state index in [9.17, 15) is 20.0 Å². The summed E-state index contributed by atoms with van der Waals surface area (Å²) in [5, 5.41) is 22.8. The van der Waals surface area contributed by atoms with E-state index in [-0.39, 0.29) is 12.2 Å². The number of carbonyl (C=O) groups is 1. The molecule has 0 bridgehead atoms. The molecule has 2 aromatic rings. The number of rotatable bonds is 5. The second-order valence-corrected chi connectivity index (χ2v) is 5.54. The number of hydrogen-bond acceptors (Lipinski definition) is 6. The fourth-order valence-electron chi connectivity index (χ4n) is 1.87. The van der Waals surface area contributed by atoms with Crippen LogP contribution in [0.2, 0.25) is 0 Å². The Morgan fingerprint density at radius 3 is 2.58 bits per heavy atom. The van der Waals surface area contributed by atoms with E-state index < -0.39 is 22.3 Å². The van der Waals surface area contributed by atoms with E-state index in [0.29, 0.717) is 15.7 Å². The van der Waals surface area contributed by atoms with Gasteiger partial charge in [-0.15, -0.1) is 0 Å². The fourth-order valence-corrected chi connectivity index (χ4v) is 2.34. The van der Waals surface area contributed by atoms with Gasteiger partial charge in [0.25, 0.3) is 5.69 Å². The molecule has 2 aromatic carbocycles. The Morgan fingerprint density at radius 1 is 1.33 bits per heavy atom. The molecule has 2 rings (SSSR count). The number of nitro groups is 1. The van der Waals surface area contributed by atoms with Crippen LogP contribution in [0.25, 0.3) is 0 Å². The number of halogens is 1. The van der Waals surface area contributed by atoms with Crippen molar-refractivity contribution >= 4 is 39.5 Å². The Morgan fingerprint density at radius 2 is 2.00 bits per heavy atom. The van der Waals surface area contributed by atoms with E-state index in [4.69, 9.17) is 4.74 Å². The molecule has 0 unspecified atom stereocenters. The number of carbonyl (C=O) groups excluding carboxylic acids is 1. The summed E-state index contributed by atoms with van der Waals surface area (Å²) in [5.74, 6) is -1.15. The maximum atomic E-state index is 12.0. The second kappa shape index (κ2) is 7.69. The zero-order valence-corrected chi connectivity index (χ0v) is 14.1. The Hall–Kier alpha value is -2.74. The molecule has 0 aliphatic heterocycles. The highest BCUT2D eigenvalue weighted by Crippen LogP contribution is 2.30. The van der Waals surface area contributed by atoms with Crippen LogP contribution in [0.4, 0.5) is 11.4 Å². The molecule has 0 saturated carbocycles. The van der Waals surface area contributed by atoms with Crippen LogP contribution in [0.3, 0.4) is 0 Å². The minimum absolute atomic E-state index is 0.0885. The highest BCUT2D eigenvalue weighted by atomic mass is 79.9. The highest BCUT2D eigenvalue weighted by Gasteiger charge is 2.11. The van der Waals surface area contributed by atoms with Crippen molar-refractivity contribution in [2.24, 2.45) is 4.99 Å². The summed E-state index contributed by atoms with van der Waals surface area (Å²) < 4.78 is 5.28. The third kappa shape index (κ3) is 4.17. The molecular weight excluding hydrogens is 380 g/mol. The average molecular weight is 392 g/mol. The Labute approximate surface area is 145 Å². The predicted molar refractivity (Wildman–Crippen MR) is 89.9 cm³/mol. The zero-order valence-electron chi connectivity index (χ0n) is 12.6. The first kappa shape index (κ1) is 17.6. The molecule has 0 fully saturated rings. The minimum atomic E-state index is -0.738. The maximum Gasteiger partial charge on any atom is 0.338 e. The fraction of sp³-hybridized carbons (Fsp3) is 0.125. The zero-order chi connectivity index (χ0) is 17.7. The number of esters is 1. The van der Waals surface area contributed by atoms with E-state index >= 15 is 0 Å². The third-order valence-corrected chi connectivity index (χ3v) is 3.45. The van der Waals surface area contributed by atoms with Crippen LogP contribution >= 0.6 is 15.9 Å². The molecule has 0 amide bonds. The average Bonchev–Trinajstić information content (AvgIpc) is 2.55. The lowest BCUT2D eigenvalue weighted by Gasteiger charge is -2.10. The van der Waals surface area contributed by atoms with Gasteiger partial charge in [-0.2, -0.15) is 0 Å². The molecule has 0 heterocycles. The quantitative estimate of drug-likeness (QED) is 0.336. The van der Waals surface area contributed by atoms with Crippen molar-refractivity contribution in [2.45, 2.75) is 6.92 Å². The number of benzene rings is 2. The van der Waals surface area contributed by atoms with E-state index in [0.717, 1.165) is 6.07 Å². The third-order valence-electron chi connectivity index (χ3n) is 2.99. The lowest BCUT2D eigenvalue weighted by molar-refractivity contribution is -0.398. The molecule has 0 aromatic heterocycles. The van der Waals surface area contributed by atoms with Crippen molar-refractivity contribution in [2.75, 3.05) is 6.61 Å². The van der Waals surface area contributed by atoms with Crippen LogP contribution in [0, 0.1) is 10.1 Å². The Bertz CT molecular complexity index is 803. The molecular formula is C16H12BrN2O5-. The summed E-state index contributed by atoms with van der Waals surface area (Å²) >= 11 is 3.13. The topological polar surface area (TPSA) is 105 Å². The summed E-state index contributed by atoms with van der Waals surface area (Å²) in [6.45, 7) is 2.00. The smallest absolute Gasteiger partial charge is 0.338 e. The number of nitro benzene ring substituents is 1. The van der Waals surface area contributed by atoms with E-state index in [1.165, 1.54) is 12.3 Å². The van der Waals surface area contributed by atoms with Gasteiger partial charge < -0.3 is 9.84 Å². The number of nitrogens with zero attached hydrogens (tertiary/aromatic N) is 2. The molecule has 8 heteroatoms. The molecule has 0 atom stereocenters. The van der Waals surface area contributed by atoms with Crippen molar-refractivity contribution in [1.82, 2.24) is 0 Å². The van der Waals surface area contributed by atoms with Crippen LogP contribution in [0.15, 0.2) is 45.9 Å². The van der Waals surface area contributed by atoms with E-state index in [1.807, 2.05) is 0 Å². The SMILES string of the molecule is CCOC(=O)c1ccc(N=Cc2cc(Br)cc([N+](=O)[O-])c2[O-])cc1. The number of ether oxygens (including phenoxy) is 1. The van der Waals surface area contributed by atoms with Gasteiger partial charge in [-0.25, -0.2) is 4.79 Å². The van der Waals surface area contributed by atoms with Crippen LogP contribution in [0.1, 0.15) is 22.8 Å². The monoisotopic (exact) mass is 391 g/mol. The van der Waals surface area contributed by atoms with Crippen molar-refractivity contribution in [3.05, 3.63) is 62.1 Å². The Balaban J connectivity index is 2.25. The lowest BCUT2D eigenvalue weighted by Crippen LogP contribution is -2.03. The molecule has 0 aliphatic carbocycles. The summed E-state index contributed by atoms with van der Waals surface area (Å²) in [6.07, 6.45) is 1.25. The normalized spacial score (nSPS) is 10.8. The van der Waals surface area contributed by atoms with E-state index in [2.05, 4.69) is 20.9 Å². The van der Waals surface area contributed by atoms with Gasteiger partial charge in [0.15, 0.2) is 0 Å². The molecule has 24 heavy (non-hydrogen) atoms. The van der Waals surface area contributed by atoms with Crippen LogP contribution in [-0.2, 0) is 4.74 Å². The van der Waals surface area contributed by atoms with Crippen molar-refractivity contribution in [3.8, 4) is 5.75 Å². The predicted octanol–water partition coefficient (Wildman–Crippen LogP) is 3.36. The maximum absolute atomic E-state index is 12.0. The standard InChI is InChI=1S/C16H13BrN2O5/c1-2-24-16(21)10-3-5-13(6-4-10)18-9-11-7-12(17)8-14(15(11)20)19(22)23/h3-9,20H,2H2,1H3/p-1. The first-order chi connectivity index (χ1) is 11.4. The summed E-state index contributed by atoms with van der Waals surface area (Å²) in [7, 11) is 0. The van der Waals surface area contributed by atoms with Crippen LogP contribution in [-0.4, -0.2) is 23.7 Å². The molecule has 124 valence electrons. The largest absolute Gasteiger partial charge is 0.867 e. The first-order valence-corrected chi connectivity index (χ1v) is 7.68. The van der Waals surface area contributed by atoms with Gasteiger partial charge in [0.1, 0.15) is 0 Å². The first-order valence-electron chi connectivity index (χ1n) is 6.88. The van der Waals surface area contributed by atoms with Crippen LogP contribution in [0.5, 0.6) is 5.75 Å². The van der Waals surface area contributed by atoms with Crippen molar-refractivity contribution < 1.29 is 19.6 Å². The molecule has 0 N–H and O–H groups in total. The van der Waals surface area contributed by atoms with Crippen LogP contribution < -0.4 is 5.11 Å². The molecule has 0 radical (unpaired) electrons. The van der Waals surface area contributed by atoms with Gasteiger partial charge in [-0.3, -0.25) is 15.1 Å². The minimum Gasteiger partial charge on any atom is -0.867 e. The van der Waals surface area contributed by atoms with Gasteiger partial charge in [-0.1, -0.05) is 15.9 Å².